The number of hydroxylamine groups is 2. The van der Waals surface area contributed by atoms with Crippen molar-refractivity contribution in [2.75, 3.05) is 20.7 Å². The lowest BCUT2D eigenvalue weighted by Gasteiger charge is -2.05. The molecule has 0 bridgehead atoms. The Kier molecular flexibility index (Phi) is 10.6. The Hall–Kier alpha value is -0.410. The van der Waals surface area contributed by atoms with E-state index in [9.17, 15) is 4.79 Å². The number of nitrogens with zero attached hydrogens (tertiary/aromatic N) is 1. The quantitative estimate of drug-likeness (QED) is 0.548. The van der Waals surface area contributed by atoms with Crippen molar-refractivity contribution < 1.29 is 9.63 Å². The molecule has 3 nitrogen and oxygen atoms in total. The van der Waals surface area contributed by atoms with E-state index >= 15 is 0 Å². The van der Waals surface area contributed by atoms with Gasteiger partial charge in [0.05, 0.1) is 6.61 Å². The standard InChI is InChI=1S/C4H11NO.C3H6O/c1-4-6-5(2)3;1-3(2)4/h4H2,1-3H3;1-2H3. The van der Waals surface area contributed by atoms with E-state index in [1.165, 1.54) is 13.8 Å². The van der Waals surface area contributed by atoms with Crippen LogP contribution in [0.2, 0.25) is 0 Å². The van der Waals surface area contributed by atoms with E-state index in [1.54, 1.807) is 5.06 Å². The van der Waals surface area contributed by atoms with Crippen LogP contribution >= 0.6 is 0 Å². The average molecular weight is 147 g/mol. The highest BCUT2D eigenvalue weighted by molar-refractivity contribution is 5.72. The Balaban J connectivity index is 0. The van der Waals surface area contributed by atoms with Gasteiger partial charge in [-0.15, -0.1) is 0 Å². The summed E-state index contributed by atoms with van der Waals surface area (Å²) in [4.78, 5) is 14.3. The lowest BCUT2D eigenvalue weighted by atomic mass is 10.6. The van der Waals surface area contributed by atoms with E-state index in [-0.39, 0.29) is 5.78 Å². The molecule has 0 aliphatic heterocycles. The van der Waals surface area contributed by atoms with E-state index in [4.69, 9.17) is 4.84 Å². The normalized spacial score (nSPS) is 8.60. The Bertz CT molecular complexity index is 77.7. The molecule has 10 heavy (non-hydrogen) atoms. The topological polar surface area (TPSA) is 29.5 Å². The lowest BCUT2D eigenvalue weighted by molar-refractivity contribution is -0.115. The van der Waals surface area contributed by atoms with Gasteiger partial charge in [0.1, 0.15) is 5.78 Å². The zero-order valence-corrected chi connectivity index (χ0v) is 7.47. The highest BCUT2D eigenvalue weighted by Gasteiger charge is 1.77. The van der Waals surface area contributed by atoms with Gasteiger partial charge in [-0.2, -0.15) is 5.06 Å². The second-order valence-corrected chi connectivity index (χ2v) is 2.14. The molecule has 0 unspecified atom stereocenters. The Morgan fingerprint density at radius 1 is 1.40 bits per heavy atom. The minimum atomic E-state index is 0.167. The van der Waals surface area contributed by atoms with Crippen LogP contribution in [0.15, 0.2) is 0 Å². The lowest BCUT2D eigenvalue weighted by Crippen LogP contribution is -2.11. The first-order chi connectivity index (χ1) is 4.50. The van der Waals surface area contributed by atoms with Crippen molar-refractivity contribution in [1.29, 1.82) is 0 Å². The summed E-state index contributed by atoms with van der Waals surface area (Å²) in [6.45, 7) is 5.77. The molecule has 0 heterocycles. The van der Waals surface area contributed by atoms with Crippen LogP contribution in [0, 0.1) is 0 Å². The third-order valence-corrected chi connectivity index (χ3v) is 0.387. The molecule has 0 fully saturated rings. The summed E-state index contributed by atoms with van der Waals surface area (Å²) in [6, 6.07) is 0. The summed E-state index contributed by atoms with van der Waals surface area (Å²) in [5.74, 6) is 0.167. The molecule has 0 aromatic carbocycles. The molecular weight excluding hydrogens is 130 g/mol. The summed E-state index contributed by atoms with van der Waals surface area (Å²) in [5, 5.41) is 1.68. The number of rotatable bonds is 2. The van der Waals surface area contributed by atoms with Gasteiger partial charge in [0.15, 0.2) is 0 Å². The molecule has 0 saturated carbocycles. The first-order valence-corrected chi connectivity index (χ1v) is 3.28. The first-order valence-electron chi connectivity index (χ1n) is 3.28. The maximum absolute atomic E-state index is 9.44. The SMILES string of the molecule is CC(C)=O.CCON(C)C. The number of hydrogen-bond acceptors (Lipinski definition) is 3. The van der Waals surface area contributed by atoms with Crippen molar-refractivity contribution in [3.63, 3.8) is 0 Å². The van der Waals surface area contributed by atoms with Crippen molar-refractivity contribution in [2.24, 2.45) is 0 Å². The second-order valence-electron chi connectivity index (χ2n) is 2.14. The number of Topliss-reactive ketones (excluding diaryl/α,β-unsaturated/α-hetero) is 1. The van der Waals surface area contributed by atoms with E-state index in [2.05, 4.69) is 0 Å². The maximum Gasteiger partial charge on any atom is 0.126 e. The largest absolute Gasteiger partial charge is 0.300 e. The summed E-state index contributed by atoms with van der Waals surface area (Å²) in [5.41, 5.74) is 0. The fourth-order valence-corrected chi connectivity index (χ4v) is 0.258. The molecule has 0 amide bonds. The Morgan fingerprint density at radius 2 is 1.70 bits per heavy atom. The minimum absolute atomic E-state index is 0.167. The molecule has 0 N–H and O–H groups in total. The van der Waals surface area contributed by atoms with E-state index < -0.39 is 0 Å². The second kappa shape index (κ2) is 8.59. The van der Waals surface area contributed by atoms with Gasteiger partial charge in [-0.1, -0.05) is 0 Å². The first kappa shape index (κ1) is 12.3. The van der Waals surface area contributed by atoms with Gasteiger partial charge in [-0.25, -0.2) is 0 Å². The van der Waals surface area contributed by atoms with Crippen molar-refractivity contribution >= 4 is 5.78 Å². The molecule has 0 aliphatic carbocycles. The summed E-state index contributed by atoms with van der Waals surface area (Å²) >= 11 is 0. The molecule has 0 atom stereocenters. The number of hydrogen-bond donors (Lipinski definition) is 0. The molecule has 0 aliphatic rings. The molecule has 0 saturated heterocycles. The third-order valence-electron chi connectivity index (χ3n) is 0.387. The molecular formula is C7H17NO2. The third kappa shape index (κ3) is 49.1. The Morgan fingerprint density at radius 3 is 1.70 bits per heavy atom. The molecule has 62 valence electrons. The Labute approximate surface area is 62.9 Å². The fraction of sp³-hybridized carbons (Fsp3) is 0.857. The van der Waals surface area contributed by atoms with Gasteiger partial charge < -0.3 is 4.79 Å². The van der Waals surface area contributed by atoms with Crippen molar-refractivity contribution in [2.45, 2.75) is 20.8 Å². The van der Waals surface area contributed by atoms with Gasteiger partial charge in [-0.05, 0) is 20.8 Å². The highest BCUT2D eigenvalue weighted by Crippen LogP contribution is 1.72. The number of ketones is 1. The zero-order valence-electron chi connectivity index (χ0n) is 7.47. The van der Waals surface area contributed by atoms with E-state index in [0.29, 0.717) is 0 Å². The smallest absolute Gasteiger partial charge is 0.126 e. The maximum atomic E-state index is 9.44. The van der Waals surface area contributed by atoms with Crippen LogP contribution in [0.5, 0.6) is 0 Å². The summed E-state index contributed by atoms with van der Waals surface area (Å²) in [6.07, 6.45) is 0. The molecule has 3 heteroatoms. The molecule has 0 aromatic heterocycles. The molecule has 0 radical (unpaired) electrons. The molecule has 0 spiro atoms. The van der Waals surface area contributed by atoms with Crippen LogP contribution in [-0.2, 0) is 9.63 Å². The van der Waals surface area contributed by atoms with Gasteiger partial charge in [0.25, 0.3) is 0 Å². The minimum Gasteiger partial charge on any atom is -0.300 e. The van der Waals surface area contributed by atoms with Gasteiger partial charge in [0.2, 0.25) is 0 Å². The predicted molar refractivity (Wildman–Crippen MR) is 41.7 cm³/mol. The fourth-order valence-electron chi connectivity index (χ4n) is 0.258. The molecule has 0 aromatic rings. The zero-order chi connectivity index (χ0) is 8.57. The van der Waals surface area contributed by atoms with Crippen molar-refractivity contribution in [3.05, 3.63) is 0 Å². The van der Waals surface area contributed by atoms with Crippen molar-refractivity contribution in [3.8, 4) is 0 Å². The van der Waals surface area contributed by atoms with Crippen LogP contribution in [0.4, 0.5) is 0 Å². The van der Waals surface area contributed by atoms with Crippen LogP contribution in [0.3, 0.4) is 0 Å². The van der Waals surface area contributed by atoms with Gasteiger partial charge in [-0.3, -0.25) is 4.84 Å². The van der Waals surface area contributed by atoms with E-state index in [1.807, 2.05) is 21.0 Å². The monoisotopic (exact) mass is 147 g/mol. The van der Waals surface area contributed by atoms with Gasteiger partial charge in [0, 0.05) is 14.1 Å². The van der Waals surface area contributed by atoms with Crippen LogP contribution in [-0.4, -0.2) is 31.5 Å². The molecule has 0 rings (SSSR count). The van der Waals surface area contributed by atoms with Gasteiger partial charge >= 0.3 is 0 Å². The van der Waals surface area contributed by atoms with Crippen LogP contribution in [0.1, 0.15) is 20.8 Å². The van der Waals surface area contributed by atoms with Crippen molar-refractivity contribution in [1.82, 2.24) is 5.06 Å². The highest BCUT2D eigenvalue weighted by atomic mass is 16.7. The number of carbonyl (C=O) groups excluding carboxylic acids is 1. The average Bonchev–Trinajstić information content (AvgIpc) is 1.62. The van der Waals surface area contributed by atoms with Crippen LogP contribution in [0.25, 0.3) is 0 Å². The number of carbonyl (C=O) groups is 1. The summed E-state index contributed by atoms with van der Waals surface area (Å²) < 4.78 is 0. The van der Waals surface area contributed by atoms with E-state index in [0.717, 1.165) is 6.61 Å². The predicted octanol–water partition coefficient (Wildman–Crippen LogP) is 1.09. The van der Waals surface area contributed by atoms with Crippen LogP contribution < -0.4 is 0 Å². The summed E-state index contributed by atoms with van der Waals surface area (Å²) in [7, 11) is 3.73.